The lowest BCUT2D eigenvalue weighted by Gasteiger charge is -2.29. The standard InChI is InChI=1S/C11H21N2O4P/c1-3-18(16,4-2)17-8-7-13-10(14)6-5-9(12)11(13)15/h9H,3-8,12H2,1-2H3. The quantitative estimate of drug-likeness (QED) is 0.572. The second kappa shape index (κ2) is 6.45. The summed E-state index contributed by atoms with van der Waals surface area (Å²) in [5, 5.41) is 0. The van der Waals surface area contributed by atoms with Crippen molar-refractivity contribution in [1.82, 2.24) is 4.90 Å². The van der Waals surface area contributed by atoms with Gasteiger partial charge in [0.2, 0.25) is 19.2 Å². The Kier molecular flexibility index (Phi) is 5.50. The first kappa shape index (κ1) is 15.3. The van der Waals surface area contributed by atoms with E-state index < -0.39 is 13.4 Å². The Hall–Kier alpha value is -0.710. The van der Waals surface area contributed by atoms with Gasteiger partial charge >= 0.3 is 0 Å². The first-order valence-corrected chi connectivity index (χ1v) is 8.25. The highest BCUT2D eigenvalue weighted by Crippen LogP contribution is 2.45. The van der Waals surface area contributed by atoms with Gasteiger partial charge in [-0.05, 0) is 6.42 Å². The second-order valence-electron chi connectivity index (χ2n) is 4.31. The zero-order valence-electron chi connectivity index (χ0n) is 10.9. The second-order valence-corrected chi connectivity index (χ2v) is 7.46. The first-order chi connectivity index (χ1) is 8.43. The van der Waals surface area contributed by atoms with Crippen LogP contribution >= 0.6 is 7.37 Å². The van der Waals surface area contributed by atoms with Crippen LogP contribution in [0.1, 0.15) is 26.7 Å². The molecule has 18 heavy (non-hydrogen) atoms. The zero-order valence-corrected chi connectivity index (χ0v) is 11.8. The molecule has 2 amide bonds. The number of amides is 2. The summed E-state index contributed by atoms with van der Waals surface area (Å²) in [7, 11) is -2.58. The lowest BCUT2D eigenvalue weighted by atomic mass is 10.1. The molecule has 1 unspecified atom stereocenters. The fourth-order valence-corrected chi connectivity index (χ4v) is 3.03. The topological polar surface area (TPSA) is 89.7 Å². The fraction of sp³-hybridized carbons (Fsp3) is 0.818. The maximum absolute atomic E-state index is 12.0. The highest BCUT2D eigenvalue weighted by atomic mass is 31.2. The molecule has 0 bridgehead atoms. The number of hydrogen-bond donors (Lipinski definition) is 1. The van der Waals surface area contributed by atoms with Gasteiger partial charge in [-0.3, -0.25) is 19.1 Å². The van der Waals surface area contributed by atoms with E-state index in [-0.39, 0.29) is 31.4 Å². The number of nitrogens with zero attached hydrogens (tertiary/aromatic N) is 1. The van der Waals surface area contributed by atoms with Crippen molar-refractivity contribution in [3.05, 3.63) is 0 Å². The third kappa shape index (κ3) is 3.64. The van der Waals surface area contributed by atoms with E-state index in [0.717, 1.165) is 4.90 Å². The van der Waals surface area contributed by atoms with Gasteiger partial charge in [0, 0.05) is 18.7 Å². The summed E-state index contributed by atoms with van der Waals surface area (Å²) in [5.41, 5.74) is 5.60. The maximum Gasteiger partial charge on any atom is 0.246 e. The molecule has 6 nitrogen and oxygen atoms in total. The smallest absolute Gasteiger partial charge is 0.246 e. The van der Waals surface area contributed by atoms with Gasteiger partial charge in [0.05, 0.1) is 19.2 Å². The largest absolute Gasteiger partial charge is 0.327 e. The van der Waals surface area contributed by atoms with E-state index in [4.69, 9.17) is 10.3 Å². The average molecular weight is 276 g/mol. The molecule has 0 aromatic carbocycles. The van der Waals surface area contributed by atoms with E-state index in [1.165, 1.54) is 0 Å². The predicted molar refractivity (Wildman–Crippen MR) is 68.6 cm³/mol. The van der Waals surface area contributed by atoms with Gasteiger partial charge in [-0.1, -0.05) is 13.8 Å². The maximum atomic E-state index is 12.0. The molecule has 0 radical (unpaired) electrons. The van der Waals surface area contributed by atoms with Crippen LogP contribution in [0.2, 0.25) is 0 Å². The molecule has 1 atom stereocenters. The van der Waals surface area contributed by atoms with Crippen molar-refractivity contribution in [3.63, 3.8) is 0 Å². The molecule has 0 aromatic heterocycles. The number of carbonyl (C=O) groups excluding carboxylic acids is 2. The molecular weight excluding hydrogens is 255 g/mol. The van der Waals surface area contributed by atoms with Gasteiger partial charge < -0.3 is 10.3 Å². The van der Waals surface area contributed by atoms with Crippen LogP contribution in [-0.2, 0) is 18.7 Å². The van der Waals surface area contributed by atoms with E-state index >= 15 is 0 Å². The normalized spacial score (nSPS) is 21.5. The molecule has 2 N–H and O–H groups in total. The van der Waals surface area contributed by atoms with Crippen molar-refractivity contribution in [2.24, 2.45) is 5.73 Å². The van der Waals surface area contributed by atoms with E-state index in [9.17, 15) is 14.2 Å². The lowest BCUT2D eigenvalue weighted by Crippen LogP contribution is -2.52. The minimum atomic E-state index is -2.58. The van der Waals surface area contributed by atoms with Crippen molar-refractivity contribution in [2.45, 2.75) is 32.7 Å². The highest BCUT2D eigenvalue weighted by Gasteiger charge is 2.32. The van der Waals surface area contributed by atoms with Crippen LogP contribution in [0.3, 0.4) is 0 Å². The van der Waals surface area contributed by atoms with Gasteiger partial charge in [-0.25, -0.2) is 0 Å². The summed E-state index contributed by atoms with van der Waals surface area (Å²) in [6.07, 6.45) is 1.61. The van der Waals surface area contributed by atoms with Crippen LogP contribution in [0.25, 0.3) is 0 Å². The Morgan fingerprint density at radius 1 is 1.39 bits per heavy atom. The molecule has 1 fully saturated rings. The van der Waals surface area contributed by atoms with Crippen molar-refractivity contribution in [3.8, 4) is 0 Å². The van der Waals surface area contributed by atoms with Crippen molar-refractivity contribution >= 4 is 19.2 Å². The molecule has 0 saturated carbocycles. The summed E-state index contributed by atoms with van der Waals surface area (Å²) < 4.78 is 17.3. The molecule has 0 aromatic rings. The molecule has 0 aliphatic carbocycles. The van der Waals surface area contributed by atoms with Crippen LogP contribution < -0.4 is 5.73 Å². The SMILES string of the molecule is CCP(=O)(CC)OCCN1C(=O)CCC(N)C1=O. The number of likely N-dealkylation sites (tertiary alicyclic amines) is 1. The summed E-state index contributed by atoms with van der Waals surface area (Å²) in [5.74, 6) is -0.592. The van der Waals surface area contributed by atoms with Gasteiger partial charge in [-0.2, -0.15) is 0 Å². The van der Waals surface area contributed by atoms with Crippen LogP contribution in [-0.4, -0.2) is 48.2 Å². The summed E-state index contributed by atoms with van der Waals surface area (Å²) >= 11 is 0. The number of hydrogen-bond acceptors (Lipinski definition) is 5. The molecule has 1 saturated heterocycles. The number of nitrogens with two attached hydrogens (primary N) is 1. The van der Waals surface area contributed by atoms with E-state index in [0.29, 0.717) is 18.7 Å². The average Bonchev–Trinajstić information content (AvgIpc) is 2.38. The van der Waals surface area contributed by atoms with Crippen LogP contribution in [0, 0.1) is 0 Å². The van der Waals surface area contributed by atoms with E-state index in [2.05, 4.69) is 0 Å². The molecular formula is C11H21N2O4P. The van der Waals surface area contributed by atoms with Gasteiger partial charge in [0.25, 0.3) is 0 Å². The van der Waals surface area contributed by atoms with Gasteiger partial charge in [0.15, 0.2) is 0 Å². The summed E-state index contributed by atoms with van der Waals surface area (Å²) in [6.45, 7) is 3.85. The number of piperidine rings is 1. The van der Waals surface area contributed by atoms with Crippen LogP contribution in [0.4, 0.5) is 0 Å². The van der Waals surface area contributed by atoms with Gasteiger partial charge in [-0.15, -0.1) is 0 Å². The molecule has 1 aliphatic heterocycles. The van der Waals surface area contributed by atoms with E-state index in [1.807, 2.05) is 0 Å². The predicted octanol–water partition coefficient (Wildman–Crippen LogP) is 0.797. The van der Waals surface area contributed by atoms with Crippen molar-refractivity contribution in [2.75, 3.05) is 25.5 Å². The molecule has 104 valence electrons. The third-order valence-electron chi connectivity index (χ3n) is 3.16. The Labute approximate surface area is 107 Å². The van der Waals surface area contributed by atoms with Crippen LogP contribution in [0.15, 0.2) is 0 Å². The Morgan fingerprint density at radius 2 is 2.00 bits per heavy atom. The van der Waals surface area contributed by atoms with Gasteiger partial charge in [0.1, 0.15) is 0 Å². The molecule has 1 rings (SSSR count). The number of imide groups is 1. The molecule has 1 aliphatic rings. The lowest BCUT2D eigenvalue weighted by molar-refractivity contribution is -0.149. The number of carbonyl (C=O) groups is 2. The highest BCUT2D eigenvalue weighted by molar-refractivity contribution is 7.58. The van der Waals surface area contributed by atoms with Crippen LogP contribution in [0.5, 0.6) is 0 Å². The third-order valence-corrected chi connectivity index (χ3v) is 5.74. The monoisotopic (exact) mass is 276 g/mol. The molecule has 0 spiro atoms. The molecule has 7 heteroatoms. The Balaban J connectivity index is 2.49. The minimum Gasteiger partial charge on any atom is -0.327 e. The Morgan fingerprint density at radius 3 is 2.56 bits per heavy atom. The van der Waals surface area contributed by atoms with E-state index in [1.54, 1.807) is 13.8 Å². The minimum absolute atomic E-state index is 0.114. The summed E-state index contributed by atoms with van der Waals surface area (Å²) in [4.78, 5) is 24.4. The fourth-order valence-electron chi connectivity index (χ4n) is 1.80. The molecule has 1 heterocycles. The summed E-state index contributed by atoms with van der Waals surface area (Å²) in [6, 6.07) is -0.605. The Bertz CT molecular complexity index is 364. The van der Waals surface area contributed by atoms with Crippen molar-refractivity contribution in [1.29, 1.82) is 0 Å². The van der Waals surface area contributed by atoms with Crippen molar-refractivity contribution < 1.29 is 18.7 Å². The first-order valence-electron chi connectivity index (χ1n) is 6.26. The number of rotatable bonds is 6. The zero-order chi connectivity index (χ0) is 13.8.